The smallest absolute Gasteiger partial charge is 0.0491 e. The predicted molar refractivity (Wildman–Crippen MR) is 71.9 cm³/mol. The molecule has 1 aliphatic rings. The topological polar surface area (TPSA) is 12.5 Å². The van der Waals surface area contributed by atoms with Gasteiger partial charge in [-0.25, -0.2) is 0 Å². The summed E-state index contributed by atoms with van der Waals surface area (Å²) in [5.41, 5.74) is 0. The predicted octanol–water partition coefficient (Wildman–Crippen LogP) is 3.37. The lowest BCUT2D eigenvalue weighted by atomic mass is 9.98. The normalized spacial score (nSPS) is 19.1. The van der Waals surface area contributed by atoms with Crippen molar-refractivity contribution >= 4 is 27.3 Å². The van der Waals surface area contributed by atoms with Gasteiger partial charge in [0, 0.05) is 29.6 Å². The van der Waals surface area contributed by atoms with Crippen molar-refractivity contribution in [2.45, 2.75) is 19.4 Å². The molecule has 0 unspecified atom stereocenters. The van der Waals surface area contributed by atoms with E-state index < -0.39 is 0 Å². The summed E-state index contributed by atoms with van der Waals surface area (Å²) in [6.07, 6.45) is 2.55. The molecule has 4 heteroatoms. The lowest BCUT2D eigenvalue weighted by Gasteiger charge is -2.31. The van der Waals surface area contributed by atoms with E-state index in [0.717, 1.165) is 19.1 Å². The Labute approximate surface area is 110 Å². The standard InChI is InChI=1S/C12H18BrNOS/c1-15-9-10-2-5-14(6-3-10)8-12-11(13)4-7-16-12/h4,7,10H,2-3,5-6,8-9H2,1H3. The van der Waals surface area contributed by atoms with Crippen LogP contribution in [0.5, 0.6) is 0 Å². The fourth-order valence-corrected chi connectivity index (χ4v) is 3.71. The Morgan fingerprint density at radius 2 is 2.25 bits per heavy atom. The molecule has 2 nitrogen and oxygen atoms in total. The molecule has 1 aromatic heterocycles. The van der Waals surface area contributed by atoms with Crippen LogP contribution in [0.25, 0.3) is 0 Å². The minimum atomic E-state index is 0.771. The first-order valence-electron chi connectivity index (χ1n) is 5.72. The van der Waals surface area contributed by atoms with Crippen molar-refractivity contribution in [2.75, 3.05) is 26.8 Å². The van der Waals surface area contributed by atoms with Crippen molar-refractivity contribution in [1.82, 2.24) is 4.90 Å². The van der Waals surface area contributed by atoms with Crippen LogP contribution in [0.15, 0.2) is 15.9 Å². The van der Waals surface area contributed by atoms with Crippen LogP contribution in [0.1, 0.15) is 17.7 Å². The Morgan fingerprint density at radius 1 is 1.50 bits per heavy atom. The molecule has 0 aliphatic carbocycles. The molecule has 16 heavy (non-hydrogen) atoms. The molecular weight excluding hydrogens is 286 g/mol. The zero-order valence-corrected chi connectivity index (χ0v) is 12.0. The van der Waals surface area contributed by atoms with Crippen molar-refractivity contribution in [2.24, 2.45) is 5.92 Å². The van der Waals surface area contributed by atoms with Gasteiger partial charge in [-0.2, -0.15) is 0 Å². The van der Waals surface area contributed by atoms with Gasteiger partial charge < -0.3 is 4.74 Å². The first kappa shape index (κ1) is 12.6. The van der Waals surface area contributed by atoms with Crippen LogP contribution in [0.3, 0.4) is 0 Å². The molecule has 2 heterocycles. The summed E-state index contributed by atoms with van der Waals surface area (Å²) < 4.78 is 6.48. The van der Waals surface area contributed by atoms with Gasteiger partial charge in [-0.3, -0.25) is 4.90 Å². The quantitative estimate of drug-likeness (QED) is 0.845. The molecule has 0 aromatic carbocycles. The SMILES string of the molecule is COCC1CCN(Cc2sccc2Br)CC1. The molecule has 0 radical (unpaired) electrons. The third-order valence-electron chi connectivity index (χ3n) is 3.17. The van der Waals surface area contributed by atoms with E-state index in [4.69, 9.17) is 4.74 Å². The number of halogens is 1. The van der Waals surface area contributed by atoms with E-state index in [1.165, 1.54) is 35.3 Å². The zero-order valence-electron chi connectivity index (χ0n) is 9.62. The van der Waals surface area contributed by atoms with Crippen molar-refractivity contribution in [1.29, 1.82) is 0 Å². The highest BCUT2D eigenvalue weighted by Gasteiger charge is 2.19. The fourth-order valence-electron chi connectivity index (χ4n) is 2.19. The van der Waals surface area contributed by atoms with Gasteiger partial charge in [-0.1, -0.05) is 0 Å². The first-order chi connectivity index (χ1) is 7.79. The van der Waals surface area contributed by atoms with Crippen LogP contribution in [-0.2, 0) is 11.3 Å². The molecule has 0 bridgehead atoms. The Morgan fingerprint density at radius 3 is 2.81 bits per heavy atom. The number of piperidine rings is 1. The van der Waals surface area contributed by atoms with Gasteiger partial charge in [-0.05, 0) is 59.2 Å². The summed E-state index contributed by atoms with van der Waals surface area (Å²) >= 11 is 5.43. The minimum absolute atomic E-state index is 0.771. The van der Waals surface area contributed by atoms with Gasteiger partial charge in [0.2, 0.25) is 0 Å². The summed E-state index contributed by atoms with van der Waals surface area (Å²) in [6.45, 7) is 4.44. The molecule has 0 atom stereocenters. The third-order valence-corrected chi connectivity index (χ3v) is 5.08. The number of thiophene rings is 1. The number of nitrogens with zero attached hydrogens (tertiary/aromatic N) is 1. The van der Waals surface area contributed by atoms with Crippen molar-refractivity contribution in [3.05, 3.63) is 20.8 Å². The van der Waals surface area contributed by atoms with E-state index in [9.17, 15) is 0 Å². The number of rotatable bonds is 4. The zero-order chi connectivity index (χ0) is 11.4. The highest BCUT2D eigenvalue weighted by molar-refractivity contribution is 9.10. The van der Waals surface area contributed by atoms with Crippen LogP contribution in [0.4, 0.5) is 0 Å². The molecule has 1 fully saturated rings. The number of hydrogen-bond donors (Lipinski definition) is 0. The van der Waals surface area contributed by atoms with Gasteiger partial charge in [0.05, 0.1) is 0 Å². The molecule has 0 saturated carbocycles. The van der Waals surface area contributed by atoms with Gasteiger partial charge in [0.25, 0.3) is 0 Å². The summed E-state index contributed by atoms with van der Waals surface area (Å²) in [4.78, 5) is 3.99. The third kappa shape index (κ3) is 3.29. The van der Waals surface area contributed by atoms with Crippen molar-refractivity contribution < 1.29 is 4.74 Å². The second-order valence-electron chi connectivity index (χ2n) is 4.37. The van der Waals surface area contributed by atoms with Gasteiger partial charge >= 0.3 is 0 Å². The lowest BCUT2D eigenvalue weighted by Crippen LogP contribution is -2.34. The number of hydrogen-bond acceptors (Lipinski definition) is 3. The van der Waals surface area contributed by atoms with E-state index in [1.54, 1.807) is 7.11 Å². The molecular formula is C12H18BrNOS. The molecule has 2 rings (SSSR count). The maximum absolute atomic E-state index is 5.22. The lowest BCUT2D eigenvalue weighted by molar-refractivity contribution is 0.0971. The van der Waals surface area contributed by atoms with E-state index in [2.05, 4.69) is 32.3 Å². The highest BCUT2D eigenvalue weighted by Crippen LogP contribution is 2.26. The molecule has 0 amide bonds. The van der Waals surface area contributed by atoms with Gasteiger partial charge in [0.15, 0.2) is 0 Å². The number of likely N-dealkylation sites (tertiary alicyclic amines) is 1. The summed E-state index contributed by atoms with van der Waals surface area (Å²) in [6, 6.07) is 2.14. The Balaban J connectivity index is 1.79. The maximum Gasteiger partial charge on any atom is 0.0491 e. The largest absolute Gasteiger partial charge is 0.384 e. The molecule has 0 spiro atoms. The summed E-state index contributed by atoms with van der Waals surface area (Å²) in [5.74, 6) is 0.771. The van der Waals surface area contributed by atoms with Crippen LogP contribution in [0.2, 0.25) is 0 Å². The van der Waals surface area contributed by atoms with Gasteiger partial charge in [-0.15, -0.1) is 11.3 Å². The molecule has 0 N–H and O–H groups in total. The number of methoxy groups -OCH3 is 1. The summed E-state index contributed by atoms with van der Waals surface area (Å²) in [5, 5.41) is 2.15. The van der Waals surface area contributed by atoms with E-state index in [0.29, 0.717) is 0 Å². The van der Waals surface area contributed by atoms with E-state index in [1.807, 2.05) is 11.3 Å². The van der Waals surface area contributed by atoms with Crippen LogP contribution in [-0.4, -0.2) is 31.7 Å². The summed E-state index contributed by atoms with van der Waals surface area (Å²) in [7, 11) is 1.80. The van der Waals surface area contributed by atoms with Crippen molar-refractivity contribution in [3.8, 4) is 0 Å². The fraction of sp³-hybridized carbons (Fsp3) is 0.667. The number of ether oxygens (including phenoxy) is 1. The highest BCUT2D eigenvalue weighted by atomic mass is 79.9. The minimum Gasteiger partial charge on any atom is -0.384 e. The van der Waals surface area contributed by atoms with Crippen molar-refractivity contribution in [3.63, 3.8) is 0 Å². The van der Waals surface area contributed by atoms with Crippen LogP contribution >= 0.6 is 27.3 Å². The van der Waals surface area contributed by atoms with Crippen LogP contribution < -0.4 is 0 Å². The second-order valence-corrected chi connectivity index (χ2v) is 6.22. The average molecular weight is 304 g/mol. The average Bonchev–Trinajstić information content (AvgIpc) is 2.68. The Bertz CT molecular complexity index is 321. The van der Waals surface area contributed by atoms with Crippen LogP contribution in [0, 0.1) is 5.92 Å². The molecule has 1 aromatic rings. The van der Waals surface area contributed by atoms with E-state index in [-0.39, 0.29) is 0 Å². The molecule has 90 valence electrons. The molecule has 1 saturated heterocycles. The Kier molecular flexibility index (Phi) is 4.82. The second kappa shape index (κ2) is 6.15. The monoisotopic (exact) mass is 303 g/mol. The molecule has 1 aliphatic heterocycles. The first-order valence-corrected chi connectivity index (χ1v) is 7.40. The Hall–Kier alpha value is 0.100. The van der Waals surface area contributed by atoms with Gasteiger partial charge in [0.1, 0.15) is 0 Å². The van der Waals surface area contributed by atoms with E-state index >= 15 is 0 Å². The maximum atomic E-state index is 5.22.